The number of rotatable bonds is 14. The molecule has 0 aliphatic rings. The molecule has 0 radical (unpaired) electrons. The third-order valence-electron chi connectivity index (χ3n) is 3.06. The maximum Gasteiger partial charge on any atom is 0.399 e. The molecule has 0 amide bonds. The molecule has 0 heterocycles. The molecule has 0 unspecified atom stereocenters. The Morgan fingerprint density at radius 2 is 1.55 bits per heavy atom. The predicted octanol–water partition coefficient (Wildman–Crippen LogP) is 5.12. The van der Waals surface area contributed by atoms with Crippen LogP contribution in [0.2, 0.25) is 0 Å². The summed E-state index contributed by atoms with van der Waals surface area (Å²) in [6.07, 6.45) is 7.86. The van der Waals surface area contributed by atoms with E-state index < -0.39 is 19.7 Å². The summed E-state index contributed by atoms with van der Waals surface area (Å²) >= 11 is 0. The maximum absolute atomic E-state index is 14.0. The van der Waals surface area contributed by atoms with Crippen molar-refractivity contribution in [2.24, 2.45) is 0 Å². The Morgan fingerprint density at radius 1 is 1.00 bits per heavy atom. The lowest BCUT2D eigenvalue weighted by atomic mass is 10.1. The van der Waals surface area contributed by atoms with Crippen LogP contribution in [0.4, 0.5) is 8.78 Å². The number of aliphatic hydroxyl groups excluding tert-OH is 1. The van der Waals surface area contributed by atoms with Gasteiger partial charge in [0, 0.05) is 13.0 Å². The van der Waals surface area contributed by atoms with E-state index in [-0.39, 0.29) is 19.8 Å². The average molecular weight is 342 g/mol. The summed E-state index contributed by atoms with van der Waals surface area (Å²) in [5, 5.41) is 8.63. The first-order valence-electron chi connectivity index (χ1n) is 7.96. The van der Waals surface area contributed by atoms with Crippen LogP contribution >= 0.6 is 7.60 Å². The monoisotopic (exact) mass is 342 g/mol. The second-order valence-corrected chi connectivity index (χ2v) is 7.12. The smallest absolute Gasteiger partial charge is 0.396 e. The fraction of sp³-hybridized carbons (Fsp3) is 0.867. The summed E-state index contributed by atoms with van der Waals surface area (Å²) in [5.41, 5.74) is -3.50. The average Bonchev–Trinajstić information content (AvgIpc) is 2.46. The van der Waals surface area contributed by atoms with E-state index in [4.69, 9.17) is 14.2 Å². The zero-order valence-corrected chi connectivity index (χ0v) is 14.5. The van der Waals surface area contributed by atoms with Crippen molar-refractivity contribution in [3.63, 3.8) is 0 Å². The quantitative estimate of drug-likeness (QED) is 0.270. The molecule has 0 spiro atoms. The van der Waals surface area contributed by atoms with Gasteiger partial charge in [-0.2, -0.15) is 8.78 Å². The Bertz CT molecular complexity index is 338. The van der Waals surface area contributed by atoms with Crippen LogP contribution in [0.5, 0.6) is 0 Å². The van der Waals surface area contributed by atoms with Gasteiger partial charge in [-0.25, -0.2) is 0 Å². The topological polar surface area (TPSA) is 55.8 Å². The summed E-state index contributed by atoms with van der Waals surface area (Å²) in [6, 6.07) is 0. The van der Waals surface area contributed by atoms with Crippen molar-refractivity contribution in [3.8, 4) is 0 Å². The Labute approximate surface area is 132 Å². The SMILES string of the molecule is CCOP(=O)(OCC)C(F)(F)C/C=C/CCCCCCCO. The standard InChI is InChI=1S/C15H29F2O4P/c1-3-20-22(19,21-4-2)15(16,17)13-11-9-7-5-6-8-10-12-14-18/h9,11,18H,3-8,10,12-14H2,1-2H3/b11-9+. The first-order chi connectivity index (χ1) is 10.4. The number of allylic oxidation sites excluding steroid dienone is 2. The zero-order chi connectivity index (χ0) is 16.9. The van der Waals surface area contributed by atoms with E-state index in [1.54, 1.807) is 6.08 Å². The van der Waals surface area contributed by atoms with Gasteiger partial charge in [0.15, 0.2) is 0 Å². The second-order valence-electron chi connectivity index (χ2n) is 4.95. The fourth-order valence-electron chi connectivity index (χ4n) is 1.93. The molecule has 0 fully saturated rings. The van der Waals surface area contributed by atoms with Crippen LogP contribution in [0.25, 0.3) is 0 Å². The summed E-state index contributed by atoms with van der Waals surface area (Å²) in [7, 11) is -4.40. The van der Waals surface area contributed by atoms with Gasteiger partial charge in [0.1, 0.15) is 0 Å². The highest BCUT2D eigenvalue weighted by Gasteiger charge is 2.52. The number of unbranched alkanes of at least 4 members (excludes halogenated alkanes) is 5. The van der Waals surface area contributed by atoms with E-state index in [0.717, 1.165) is 32.1 Å². The minimum Gasteiger partial charge on any atom is -0.396 e. The van der Waals surface area contributed by atoms with Crippen LogP contribution in [-0.2, 0) is 13.6 Å². The highest BCUT2D eigenvalue weighted by molar-refractivity contribution is 7.55. The van der Waals surface area contributed by atoms with Crippen molar-refractivity contribution < 1.29 is 27.5 Å². The Hall–Kier alpha value is -0.290. The lowest BCUT2D eigenvalue weighted by Gasteiger charge is -2.24. The van der Waals surface area contributed by atoms with Gasteiger partial charge < -0.3 is 14.2 Å². The molecule has 1 N–H and O–H groups in total. The van der Waals surface area contributed by atoms with Gasteiger partial charge in [-0.1, -0.05) is 31.4 Å². The number of hydrogen-bond donors (Lipinski definition) is 1. The van der Waals surface area contributed by atoms with E-state index in [1.807, 2.05) is 0 Å². The van der Waals surface area contributed by atoms with Crippen molar-refractivity contribution >= 4 is 7.60 Å². The number of halogens is 2. The molecule has 0 aliphatic heterocycles. The number of hydrogen-bond acceptors (Lipinski definition) is 4. The van der Waals surface area contributed by atoms with Gasteiger partial charge in [0.05, 0.1) is 13.2 Å². The lowest BCUT2D eigenvalue weighted by Crippen LogP contribution is -2.19. The molecule has 7 heteroatoms. The largest absolute Gasteiger partial charge is 0.399 e. The molecular weight excluding hydrogens is 313 g/mol. The van der Waals surface area contributed by atoms with Gasteiger partial charge in [-0.15, -0.1) is 0 Å². The van der Waals surface area contributed by atoms with Crippen molar-refractivity contribution in [2.45, 2.75) is 64.5 Å². The summed E-state index contributed by atoms with van der Waals surface area (Å²) in [5.74, 6) is 0. The molecule has 132 valence electrons. The van der Waals surface area contributed by atoms with Crippen molar-refractivity contribution in [3.05, 3.63) is 12.2 Å². The highest BCUT2D eigenvalue weighted by Crippen LogP contribution is 2.63. The van der Waals surface area contributed by atoms with E-state index in [9.17, 15) is 13.3 Å². The van der Waals surface area contributed by atoms with E-state index in [0.29, 0.717) is 6.42 Å². The molecular formula is C15H29F2O4P. The number of alkyl halides is 2. The molecule has 22 heavy (non-hydrogen) atoms. The molecule has 0 aromatic rings. The van der Waals surface area contributed by atoms with E-state index in [2.05, 4.69) is 0 Å². The van der Waals surface area contributed by atoms with Crippen LogP contribution in [0.15, 0.2) is 12.2 Å². The zero-order valence-electron chi connectivity index (χ0n) is 13.6. The van der Waals surface area contributed by atoms with E-state index >= 15 is 0 Å². The molecule has 0 aliphatic carbocycles. The van der Waals surface area contributed by atoms with E-state index in [1.165, 1.54) is 19.9 Å². The van der Waals surface area contributed by atoms with Gasteiger partial charge in [0.25, 0.3) is 0 Å². The minimum absolute atomic E-state index is 0.0789. The summed E-state index contributed by atoms with van der Waals surface area (Å²) in [6.45, 7) is 3.08. The van der Waals surface area contributed by atoms with Crippen LogP contribution in [0, 0.1) is 0 Å². The van der Waals surface area contributed by atoms with Crippen molar-refractivity contribution in [1.82, 2.24) is 0 Å². The van der Waals surface area contributed by atoms with Crippen LogP contribution in [0.1, 0.15) is 58.8 Å². The molecule has 0 atom stereocenters. The number of aliphatic hydroxyl groups is 1. The van der Waals surface area contributed by atoms with Crippen molar-refractivity contribution in [2.75, 3.05) is 19.8 Å². The molecule has 0 aromatic carbocycles. The van der Waals surface area contributed by atoms with Crippen LogP contribution in [-0.4, -0.2) is 30.6 Å². The molecule has 0 aromatic heterocycles. The Morgan fingerprint density at radius 3 is 2.09 bits per heavy atom. The van der Waals surface area contributed by atoms with Gasteiger partial charge in [-0.05, 0) is 33.1 Å². The molecule has 0 bridgehead atoms. The Balaban J connectivity index is 4.13. The molecule has 0 saturated heterocycles. The Kier molecular flexibility index (Phi) is 12.0. The first-order valence-corrected chi connectivity index (χ1v) is 9.50. The van der Waals surface area contributed by atoms with Crippen LogP contribution < -0.4 is 0 Å². The molecule has 0 rings (SSSR count). The predicted molar refractivity (Wildman–Crippen MR) is 84.4 cm³/mol. The summed E-state index contributed by atoms with van der Waals surface area (Å²) < 4.78 is 49.4. The fourth-order valence-corrected chi connectivity index (χ4v) is 3.39. The first kappa shape index (κ1) is 21.7. The third-order valence-corrected chi connectivity index (χ3v) is 5.24. The van der Waals surface area contributed by atoms with Crippen molar-refractivity contribution in [1.29, 1.82) is 0 Å². The third kappa shape index (κ3) is 8.37. The van der Waals surface area contributed by atoms with Crippen LogP contribution in [0.3, 0.4) is 0 Å². The molecule has 4 nitrogen and oxygen atoms in total. The highest BCUT2D eigenvalue weighted by atomic mass is 31.2. The summed E-state index contributed by atoms with van der Waals surface area (Å²) in [4.78, 5) is 0. The molecule has 0 saturated carbocycles. The lowest BCUT2D eigenvalue weighted by molar-refractivity contribution is 0.0415. The second kappa shape index (κ2) is 12.2. The van der Waals surface area contributed by atoms with Gasteiger partial charge in [0.2, 0.25) is 0 Å². The van der Waals surface area contributed by atoms with Gasteiger partial charge in [-0.3, -0.25) is 4.57 Å². The minimum atomic E-state index is -4.40. The van der Waals surface area contributed by atoms with Gasteiger partial charge >= 0.3 is 13.3 Å². The normalized spacial score (nSPS) is 13.1. The maximum atomic E-state index is 14.0.